The molecule has 0 bridgehead atoms. The first-order valence-electron chi connectivity index (χ1n) is 5.10. The van der Waals surface area contributed by atoms with Crippen LogP contribution in [0.4, 0.5) is 13.2 Å². The molecule has 1 unspecified atom stereocenters. The van der Waals surface area contributed by atoms with Crippen LogP contribution in [0.15, 0.2) is 0 Å². The SMILES string of the molecule is CCCCCC(COCC(F)(F)F)NN. The molecule has 0 amide bonds. The zero-order chi connectivity index (χ0) is 11.7. The van der Waals surface area contributed by atoms with Crippen molar-refractivity contribution < 1.29 is 17.9 Å². The van der Waals surface area contributed by atoms with Gasteiger partial charge >= 0.3 is 6.18 Å². The number of unbranched alkanes of at least 4 members (excludes halogenated alkanes) is 2. The van der Waals surface area contributed by atoms with Crippen LogP contribution in [-0.4, -0.2) is 25.4 Å². The van der Waals surface area contributed by atoms with Crippen molar-refractivity contribution in [2.45, 2.75) is 44.8 Å². The van der Waals surface area contributed by atoms with Gasteiger partial charge in [0.05, 0.1) is 6.61 Å². The second kappa shape index (κ2) is 7.90. The number of hydrogen-bond donors (Lipinski definition) is 2. The lowest BCUT2D eigenvalue weighted by atomic mass is 10.1. The first-order valence-corrected chi connectivity index (χ1v) is 5.10. The highest BCUT2D eigenvalue weighted by Gasteiger charge is 2.27. The van der Waals surface area contributed by atoms with Crippen LogP contribution in [0.2, 0.25) is 0 Å². The Morgan fingerprint density at radius 3 is 2.47 bits per heavy atom. The van der Waals surface area contributed by atoms with Gasteiger partial charge in [0.15, 0.2) is 0 Å². The summed E-state index contributed by atoms with van der Waals surface area (Å²) in [5.41, 5.74) is 2.45. The van der Waals surface area contributed by atoms with E-state index in [0.29, 0.717) is 0 Å². The highest BCUT2D eigenvalue weighted by molar-refractivity contribution is 4.62. The smallest absolute Gasteiger partial charge is 0.370 e. The van der Waals surface area contributed by atoms with Gasteiger partial charge in [-0.05, 0) is 6.42 Å². The third kappa shape index (κ3) is 9.96. The Labute approximate surface area is 88.1 Å². The number of halogens is 3. The molecule has 0 heterocycles. The maximum Gasteiger partial charge on any atom is 0.411 e. The Hall–Kier alpha value is -0.330. The van der Waals surface area contributed by atoms with Crippen LogP contribution in [0.1, 0.15) is 32.6 Å². The number of alkyl halides is 3. The summed E-state index contributed by atoms with van der Waals surface area (Å²) in [6, 6.07) is -0.195. The van der Waals surface area contributed by atoms with Gasteiger partial charge in [0.1, 0.15) is 6.61 Å². The van der Waals surface area contributed by atoms with E-state index in [2.05, 4.69) is 17.1 Å². The third-order valence-electron chi connectivity index (χ3n) is 1.98. The Balaban J connectivity index is 3.52. The number of nitrogens with two attached hydrogens (primary N) is 1. The molecule has 0 aromatic carbocycles. The summed E-state index contributed by atoms with van der Waals surface area (Å²) in [5.74, 6) is 5.19. The number of hydrogen-bond acceptors (Lipinski definition) is 3. The average Bonchev–Trinajstić information content (AvgIpc) is 2.14. The van der Waals surface area contributed by atoms with E-state index in [4.69, 9.17) is 5.84 Å². The van der Waals surface area contributed by atoms with Crippen molar-refractivity contribution in [2.24, 2.45) is 5.84 Å². The summed E-state index contributed by atoms with van der Waals surface area (Å²) >= 11 is 0. The number of ether oxygens (including phenoxy) is 1. The molecule has 0 saturated carbocycles. The zero-order valence-corrected chi connectivity index (χ0v) is 8.94. The molecule has 0 radical (unpaired) electrons. The van der Waals surface area contributed by atoms with E-state index in [0.717, 1.165) is 25.7 Å². The molecule has 6 heteroatoms. The number of rotatable bonds is 8. The van der Waals surface area contributed by atoms with Crippen LogP contribution >= 0.6 is 0 Å². The molecule has 0 aliphatic heterocycles. The van der Waals surface area contributed by atoms with Crippen molar-refractivity contribution in [3.8, 4) is 0 Å². The normalized spacial score (nSPS) is 14.2. The van der Waals surface area contributed by atoms with E-state index < -0.39 is 12.8 Å². The maximum absolute atomic E-state index is 11.7. The molecular weight excluding hydrogens is 209 g/mol. The molecule has 3 N–H and O–H groups in total. The summed E-state index contributed by atoms with van der Waals surface area (Å²) in [4.78, 5) is 0. The highest BCUT2D eigenvalue weighted by Crippen LogP contribution is 2.14. The van der Waals surface area contributed by atoms with Gasteiger partial charge in [-0.15, -0.1) is 0 Å². The van der Waals surface area contributed by atoms with Gasteiger partial charge in [0.25, 0.3) is 0 Å². The lowest BCUT2D eigenvalue weighted by Gasteiger charge is -2.16. The van der Waals surface area contributed by atoms with Gasteiger partial charge < -0.3 is 4.74 Å². The van der Waals surface area contributed by atoms with Crippen molar-refractivity contribution in [2.75, 3.05) is 13.2 Å². The molecule has 0 aromatic rings. The monoisotopic (exact) mass is 228 g/mol. The molecule has 15 heavy (non-hydrogen) atoms. The van der Waals surface area contributed by atoms with Crippen molar-refractivity contribution >= 4 is 0 Å². The van der Waals surface area contributed by atoms with E-state index in [-0.39, 0.29) is 12.6 Å². The molecule has 0 spiro atoms. The predicted molar refractivity (Wildman–Crippen MR) is 52.1 cm³/mol. The van der Waals surface area contributed by atoms with Crippen molar-refractivity contribution in [3.63, 3.8) is 0 Å². The number of hydrazine groups is 1. The summed E-state index contributed by atoms with van der Waals surface area (Å²) in [5, 5.41) is 0. The topological polar surface area (TPSA) is 47.3 Å². The van der Waals surface area contributed by atoms with Crippen molar-refractivity contribution in [3.05, 3.63) is 0 Å². The minimum absolute atomic E-state index is 0.000274. The van der Waals surface area contributed by atoms with Crippen LogP contribution < -0.4 is 11.3 Å². The largest absolute Gasteiger partial charge is 0.411 e. The predicted octanol–water partition coefficient (Wildman–Crippen LogP) is 1.98. The second-order valence-corrected chi connectivity index (χ2v) is 3.49. The Morgan fingerprint density at radius 1 is 1.33 bits per heavy atom. The molecule has 0 rings (SSSR count). The lowest BCUT2D eigenvalue weighted by Crippen LogP contribution is -2.39. The fraction of sp³-hybridized carbons (Fsp3) is 1.00. The summed E-state index contributed by atoms with van der Waals surface area (Å²) in [6.07, 6.45) is -0.455. The molecule has 0 aliphatic carbocycles. The van der Waals surface area contributed by atoms with E-state index in [1.54, 1.807) is 0 Å². The fourth-order valence-corrected chi connectivity index (χ4v) is 1.17. The molecule has 0 saturated heterocycles. The number of nitrogens with one attached hydrogen (secondary N) is 1. The highest BCUT2D eigenvalue weighted by atomic mass is 19.4. The van der Waals surface area contributed by atoms with Gasteiger partial charge in [-0.1, -0.05) is 26.2 Å². The Morgan fingerprint density at radius 2 is 2.00 bits per heavy atom. The van der Waals surface area contributed by atoms with Gasteiger partial charge in [0.2, 0.25) is 0 Å². The van der Waals surface area contributed by atoms with E-state index in [1.807, 2.05) is 0 Å². The molecule has 0 aliphatic rings. The average molecular weight is 228 g/mol. The standard InChI is InChI=1S/C9H19F3N2O/c1-2-3-4-5-8(14-13)6-15-7-9(10,11)12/h8,14H,2-7,13H2,1H3. The van der Waals surface area contributed by atoms with Crippen LogP contribution in [0.25, 0.3) is 0 Å². The summed E-state index contributed by atoms with van der Waals surface area (Å²) in [6.45, 7) is 0.851. The van der Waals surface area contributed by atoms with Gasteiger partial charge in [-0.3, -0.25) is 11.3 Å². The first kappa shape index (κ1) is 14.7. The minimum Gasteiger partial charge on any atom is -0.370 e. The van der Waals surface area contributed by atoms with Crippen LogP contribution in [0, 0.1) is 0 Å². The summed E-state index contributed by atoms with van der Waals surface area (Å²) in [7, 11) is 0. The van der Waals surface area contributed by atoms with Crippen LogP contribution in [-0.2, 0) is 4.74 Å². The van der Waals surface area contributed by atoms with E-state index in [9.17, 15) is 13.2 Å². The van der Waals surface area contributed by atoms with Gasteiger partial charge in [-0.2, -0.15) is 13.2 Å². The molecule has 1 atom stereocenters. The molecule has 0 aromatic heterocycles. The second-order valence-electron chi connectivity index (χ2n) is 3.49. The minimum atomic E-state index is -4.26. The molecule has 3 nitrogen and oxygen atoms in total. The van der Waals surface area contributed by atoms with Crippen LogP contribution in [0.3, 0.4) is 0 Å². The van der Waals surface area contributed by atoms with Gasteiger partial charge in [-0.25, -0.2) is 0 Å². The fourth-order valence-electron chi connectivity index (χ4n) is 1.17. The Kier molecular flexibility index (Phi) is 7.72. The quantitative estimate of drug-likeness (QED) is 0.379. The van der Waals surface area contributed by atoms with Crippen molar-refractivity contribution in [1.29, 1.82) is 0 Å². The van der Waals surface area contributed by atoms with Crippen molar-refractivity contribution in [1.82, 2.24) is 5.43 Å². The van der Waals surface area contributed by atoms with Crippen LogP contribution in [0.5, 0.6) is 0 Å². The van der Waals surface area contributed by atoms with Gasteiger partial charge in [0, 0.05) is 6.04 Å². The molecule has 0 fully saturated rings. The third-order valence-corrected chi connectivity index (χ3v) is 1.98. The maximum atomic E-state index is 11.7. The Bertz CT molecular complexity index is 153. The first-order chi connectivity index (χ1) is 6.99. The van der Waals surface area contributed by atoms with E-state index in [1.165, 1.54) is 0 Å². The van der Waals surface area contributed by atoms with E-state index >= 15 is 0 Å². The summed E-state index contributed by atoms with van der Waals surface area (Å²) < 4.78 is 39.7. The zero-order valence-electron chi connectivity index (χ0n) is 8.94. The molecular formula is C9H19F3N2O. The lowest BCUT2D eigenvalue weighted by molar-refractivity contribution is -0.175. The molecule has 92 valence electrons.